The third-order valence-corrected chi connectivity index (χ3v) is 2.39. The van der Waals surface area contributed by atoms with E-state index in [-0.39, 0.29) is 11.5 Å². The first-order valence-electron chi connectivity index (χ1n) is 4.98. The SMILES string of the molecule is O=S([O-])Oc1ccc(Oc2ccc(O)cc2)cc1. The maximum absolute atomic E-state index is 10.3. The zero-order chi connectivity index (χ0) is 13.0. The Morgan fingerprint density at radius 3 is 1.83 bits per heavy atom. The van der Waals surface area contributed by atoms with Crippen LogP contribution in [0, 0.1) is 0 Å². The smallest absolute Gasteiger partial charge is 0.139 e. The van der Waals surface area contributed by atoms with Crippen LogP contribution in [0.15, 0.2) is 48.5 Å². The van der Waals surface area contributed by atoms with Crippen LogP contribution in [-0.2, 0) is 11.4 Å². The molecule has 0 saturated heterocycles. The molecule has 0 bridgehead atoms. The lowest BCUT2D eigenvalue weighted by molar-refractivity contribution is 0.438. The largest absolute Gasteiger partial charge is 0.740 e. The van der Waals surface area contributed by atoms with E-state index < -0.39 is 11.4 Å². The van der Waals surface area contributed by atoms with E-state index in [0.717, 1.165) is 0 Å². The quantitative estimate of drug-likeness (QED) is 0.858. The van der Waals surface area contributed by atoms with Gasteiger partial charge in [-0.05, 0) is 48.5 Å². The van der Waals surface area contributed by atoms with E-state index in [0.29, 0.717) is 11.5 Å². The number of phenolic OH excluding ortho intramolecular Hbond substituents is 1. The van der Waals surface area contributed by atoms with Gasteiger partial charge in [0.15, 0.2) is 0 Å². The molecule has 2 aromatic rings. The highest BCUT2D eigenvalue weighted by Crippen LogP contribution is 2.25. The third-order valence-electron chi connectivity index (χ3n) is 2.06. The highest BCUT2D eigenvalue weighted by atomic mass is 32.2. The summed E-state index contributed by atoms with van der Waals surface area (Å²) in [5, 5.41) is 9.11. The molecule has 1 unspecified atom stereocenters. The van der Waals surface area contributed by atoms with Crippen molar-refractivity contribution in [2.75, 3.05) is 0 Å². The van der Waals surface area contributed by atoms with E-state index in [4.69, 9.17) is 9.84 Å². The van der Waals surface area contributed by atoms with Crippen LogP contribution in [0.5, 0.6) is 23.0 Å². The van der Waals surface area contributed by atoms with Gasteiger partial charge >= 0.3 is 0 Å². The molecular formula is C12H9O5S-. The van der Waals surface area contributed by atoms with E-state index in [2.05, 4.69) is 4.18 Å². The second-order valence-corrected chi connectivity index (χ2v) is 3.93. The van der Waals surface area contributed by atoms with Crippen molar-refractivity contribution in [1.82, 2.24) is 0 Å². The lowest BCUT2D eigenvalue weighted by Crippen LogP contribution is -1.97. The summed E-state index contributed by atoms with van der Waals surface area (Å²) in [4.78, 5) is 0. The molecule has 0 aliphatic carbocycles. The fourth-order valence-electron chi connectivity index (χ4n) is 1.29. The maximum atomic E-state index is 10.3. The Labute approximate surface area is 106 Å². The van der Waals surface area contributed by atoms with Gasteiger partial charge in [-0.2, -0.15) is 0 Å². The predicted octanol–water partition coefficient (Wildman–Crippen LogP) is 2.36. The average molecular weight is 265 g/mol. The first-order chi connectivity index (χ1) is 8.63. The Bertz CT molecular complexity index is 535. The average Bonchev–Trinajstić information content (AvgIpc) is 2.34. The van der Waals surface area contributed by atoms with Crippen LogP contribution in [-0.4, -0.2) is 13.9 Å². The normalized spacial score (nSPS) is 11.8. The van der Waals surface area contributed by atoms with Crippen molar-refractivity contribution in [3.05, 3.63) is 48.5 Å². The topological polar surface area (TPSA) is 78.8 Å². The summed E-state index contributed by atoms with van der Waals surface area (Å²) in [6.07, 6.45) is 0. The van der Waals surface area contributed by atoms with Gasteiger partial charge in [0.2, 0.25) is 0 Å². The van der Waals surface area contributed by atoms with Crippen LogP contribution in [0.1, 0.15) is 0 Å². The van der Waals surface area contributed by atoms with Crippen LogP contribution in [0.2, 0.25) is 0 Å². The Hall–Kier alpha value is -2.05. The van der Waals surface area contributed by atoms with Crippen LogP contribution in [0.4, 0.5) is 0 Å². The summed E-state index contributed by atoms with van der Waals surface area (Å²) in [7, 11) is 0. The molecule has 0 spiro atoms. The highest BCUT2D eigenvalue weighted by Gasteiger charge is 1.99. The van der Waals surface area contributed by atoms with Crippen LogP contribution >= 0.6 is 0 Å². The number of benzene rings is 2. The third kappa shape index (κ3) is 3.47. The van der Waals surface area contributed by atoms with E-state index in [9.17, 15) is 8.76 Å². The number of ether oxygens (including phenoxy) is 1. The lowest BCUT2D eigenvalue weighted by atomic mass is 10.3. The Kier molecular flexibility index (Phi) is 3.81. The molecule has 0 heterocycles. The van der Waals surface area contributed by atoms with Crippen LogP contribution in [0.25, 0.3) is 0 Å². The van der Waals surface area contributed by atoms with Gasteiger partial charge in [-0.1, -0.05) is 0 Å². The molecule has 0 aliphatic heterocycles. The summed E-state index contributed by atoms with van der Waals surface area (Å²) in [6.45, 7) is 0. The van der Waals surface area contributed by atoms with E-state index in [1.165, 1.54) is 24.3 Å². The fourth-order valence-corrected chi connectivity index (χ4v) is 1.56. The molecule has 1 atom stereocenters. The van der Waals surface area contributed by atoms with E-state index in [1.54, 1.807) is 24.3 Å². The van der Waals surface area contributed by atoms with Gasteiger partial charge in [0.1, 0.15) is 34.4 Å². The molecule has 2 aromatic carbocycles. The first-order valence-corrected chi connectivity index (χ1v) is 5.98. The molecule has 18 heavy (non-hydrogen) atoms. The van der Waals surface area contributed by atoms with Gasteiger partial charge in [-0.15, -0.1) is 0 Å². The molecule has 1 N–H and O–H groups in total. The van der Waals surface area contributed by atoms with Crippen molar-refractivity contribution in [2.24, 2.45) is 0 Å². The monoisotopic (exact) mass is 265 g/mol. The Morgan fingerprint density at radius 1 is 0.889 bits per heavy atom. The summed E-state index contributed by atoms with van der Waals surface area (Å²) in [5.74, 6) is 1.46. The lowest BCUT2D eigenvalue weighted by Gasteiger charge is -2.08. The van der Waals surface area contributed by atoms with Gasteiger partial charge in [0.05, 0.1) is 0 Å². The summed E-state index contributed by atoms with van der Waals surface area (Å²) in [5.41, 5.74) is 0. The van der Waals surface area contributed by atoms with Gasteiger partial charge in [-0.25, -0.2) is 4.21 Å². The van der Waals surface area contributed by atoms with Crippen molar-refractivity contribution in [1.29, 1.82) is 0 Å². The minimum absolute atomic E-state index is 0.157. The molecule has 0 fully saturated rings. The molecule has 6 heteroatoms. The van der Waals surface area contributed by atoms with Crippen molar-refractivity contribution < 1.29 is 22.8 Å². The van der Waals surface area contributed by atoms with Gasteiger partial charge in [0, 0.05) is 0 Å². The molecule has 2 rings (SSSR count). The van der Waals surface area contributed by atoms with E-state index >= 15 is 0 Å². The van der Waals surface area contributed by atoms with Crippen molar-refractivity contribution in [2.45, 2.75) is 0 Å². The van der Waals surface area contributed by atoms with Crippen molar-refractivity contribution in [3.8, 4) is 23.0 Å². The number of rotatable bonds is 4. The fraction of sp³-hybridized carbons (Fsp3) is 0. The first kappa shape index (κ1) is 12.4. The van der Waals surface area contributed by atoms with Gasteiger partial charge < -0.3 is 18.6 Å². The summed E-state index contributed by atoms with van der Waals surface area (Å²) >= 11 is -2.58. The molecule has 94 valence electrons. The maximum Gasteiger partial charge on any atom is 0.139 e. The minimum Gasteiger partial charge on any atom is -0.740 e. The zero-order valence-corrected chi connectivity index (χ0v) is 9.92. The van der Waals surface area contributed by atoms with Crippen molar-refractivity contribution >= 4 is 11.4 Å². The molecule has 0 aromatic heterocycles. The predicted molar refractivity (Wildman–Crippen MR) is 64.2 cm³/mol. The molecule has 0 amide bonds. The molecule has 5 nitrogen and oxygen atoms in total. The Morgan fingerprint density at radius 2 is 1.33 bits per heavy atom. The molecule has 0 aliphatic rings. The second kappa shape index (κ2) is 5.52. The minimum atomic E-state index is -2.58. The van der Waals surface area contributed by atoms with Crippen molar-refractivity contribution in [3.63, 3.8) is 0 Å². The highest BCUT2D eigenvalue weighted by molar-refractivity contribution is 7.74. The van der Waals surface area contributed by atoms with Crippen LogP contribution in [0.3, 0.4) is 0 Å². The molecule has 0 saturated carbocycles. The number of hydrogen-bond donors (Lipinski definition) is 1. The standard InChI is InChI=1S/C12H10O5S/c13-9-1-3-10(4-2-9)16-11-5-7-12(8-6-11)17-18(14)15/h1-8,13H,(H,14,15)/p-1. The van der Waals surface area contributed by atoms with E-state index in [1.807, 2.05) is 0 Å². The summed E-state index contributed by atoms with van der Waals surface area (Å²) < 4.78 is 30.5. The number of phenols is 1. The van der Waals surface area contributed by atoms with Gasteiger partial charge in [-0.3, -0.25) is 0 Å². The van der Waals surface area contributed by atoms with Gasteiger partial charge in [0.25, 0.3) is 0 Å². The summed E-state index contributed by atoms with van der Waals surface area (Å²) in [6, 6.07) is 12.4. The zero-order valence-electron chi connectivity index (χ0n) is 9.11. The number of aromatic hydroxyl groups is 1. The second-order valence-electron chi connectivity index (χ2n) is 3.35. The Balaban J connectivity index is 2.06. The molecular weight excluding hydrogens is 256 g/mol. The van der Waals surface area contributed by atoms with Crippen LogP contribution < -0.4 is 8.92 Å². The number of hydrogen-bond acceptors (Lipinski definition) is 5. The molecule has 0 radical (unpaired) electrons.